The molecule has 3 nitrogen and oxygen atoms in total. The van der Waals surface area contributed by atoms with Crippen molar-refractivity contribution in [3.8, 4) is 0 Å². The van der Waals surface area contributed by atoms with E-state index in [4.69, 9.17) is 0 Å². The van der Waals surface area contributed by atoms with Gasteiger partial charge in [0.2, 0.25) is 0 Å². The lowest BCUT2D eigenvalue weighted by Crippen LogP contribution is -2.30. The van der Waals surface area contributed by atoms with Crippen molar-refractivity contribution < 1.29 is 14.3 Å². The maximum Gasteiger partial charge on any atom is 0.253 e. The molecule has 2 rings (SSSR count). The maximum atomic E-state index is 13.4. The highest BCUT2D eigenvalue weighted by Crippen LogP contribution is 2.24. The van der Waals surface area contributed by atoms with Gasteiger partial charge in [0.1, 0.15) is 5.82 Å². The Morgan fingerprint density at radius 2 is 2.32 bits per heavy atom. The molecule has 0 radical (unpaired) electrons. The van der Waals surface area contributed by atoms with Gasteiger partial charge in [-0.15, -0.1) is 11.8 Å². The SMILES string of the molecule is CSc1cc(C(=O)N2CCC(C(C)O)C2)ccc1F. The topological polar surface area (TPSA) is 40.5 Å². The van der Waals surface area contributed by atoms with Crippen molar-refractivity contribution in [2.45, 2.75) is 24.3 Å². The highest BCUT2D eigenvalue weighted by molar-refractivity contribution is 7.98. The predicted octanol–water partition coefficient (Wildman–Crippen LogP) is 2.39. The van der Waals surface area contributed by atoms with Crippen LogP contribution in [-0.2, 0) is 0 Å². The summed E-state index contributed by atoms with van der Waals surface area (Å²) in [5.41, 5.74) is 0.511. The molecule has 1 aromatic rings. The van der Waals surface area contributed by atoms with Gasteiger partial charge < -0.3 is 10.0 Å². The summed E-state index contributed by atoms with van der Waals surface area (Å²) in [5.74, 6) is -0.241. The number of amides is 1. The van der Waals surface area contributed by atoms with Crippen LogP contribution in [0.15, 0.2) is 23.1 Å². The Morgan fingerprint density at radius 1 is 1.58 bits per heavy atom. The van der Waals surface area contributed by atoms with E-state index in [9.17, 15) is 14.3 Å². The van der Waals surface area contributed by atoms with E-state index in [1.165, 1.54) is 23.9 Å². The number of aliphatic hydroxyl groups excluding tert-OH is 1. The van der Waals surface area contributed by atoms with Gasteiger partial charge in [-0.25, -0.2) is 4.39 Å². The molecule has 1 heterocycles. The molecule has 1 aromatic carbocycles. The van der Waals surface area contributed by atoms with Crippen LogP contribution in [0.4, 0.5) is 4.39 Å². The van der Waals surface area contributed by atoms with Gasteiger partial charge in [0, 0.05) is 29.5 Å². The molecule has 1 amide bonds. The molecule has 0 spiro atoms. The summed E-state index contributed by atoms with van der Waals surface area (Å²) in [4.78, 5) is 14.5. The number of hydrogen-bond acceptors (Lipinski definition) is 3. The first-order valence-electron chi connectivity index (χ1n) is 6.33. The first-order valence-corrected chi connectivity index (χ1v) is 7.56. The number of halogens is 1. The molecule has 0 aliphatic carbocycles. The average molecular weight is 283 g/mol. The molecule has 0 saturated carbocycles. The second kappa shape index (κ2) is 5.92. The molecule has 19 heavy (non-hydrogen) atoms. The van der Waals surface area contributed by atoms with Crippen molar-refractivity contribution in [3.05, 3.63) is 29.6 Å². The minimum atomic E-state index is -0.396. The summed E-state index contributed by atoms with van der Waals surface area (Å²) in [5, 5.41) is 9.55. The summed E-state index contributed by atoms with van der Waals surface area (Å²) >= 11 is 1.29. The third kappa shape index (κ3) is 3.09. The van der Waals surface area contributed by atoms with Gasteiger partial charge in [0.25, 0.3) is 5.91 Å². The second-order valence-electron chi connectivity index (χ2n) is 4.89. The monoisotopic (exact) mass is 283 g/mol. The van der Waals surface area contributed by atoms with Gasteiger partial charge in [-0.3, -0.25) is 4.79 Å². The van der Waals surface area contributed by atoms with Crippen LogP contribution in [0, 0.1) is 11.7 Å². The van der Waals surface area contributed by atoms with Crippen molar-refractivity contribution in [1.29, 1.82) is 0 Å². The number of thioether (sulfide) groups is 1. The molecule has 1 saturated heterocycles. The van der Waals surface area contributed by atoms with E-state index in [1.807, 2.05) is 0 Å². The summed E-state index contributed by atoms with van der Waals surface area (Å²) in [6, 6.07) is 4.45. The zero-order chi connectivity index (χ0) is 14.0. The number of benzene rings is 1. The van der Waals surface area contributed by atoms with E-state index in [0.717, 1.165) is 6.42 Å². The van der Waals surface area contributed by atoms with Crippen molar-refractivity contribution in [2.75, 3.05) is 19.3 Å². The molecular formula is C14H18FNO2S. The van der Waals surface area contributed by atoms with Crippen LogP contribution in [0.25, 0.3) is 0 Å². The molecule has 1 aliphatic rings. The van der Waals surface area contributed by atoms with Crippen molar-refractivity contribution in [1.82, 2.24) is 4.90 Å². The Bertz CT molecular complexity index is 479. The Morgan fingerprint density at radius 3 is 2.89 bits per heavy atom. The fourth-order valence-corrected chi connectivity index (χ4v) is 2.85. The Kier molecular flexibility index (Phi) is 4.47. The molecule has 2 unspecified atom stereocenters. The smallest absolute Gasteiger partial charge is 0.253 e. The molecule has 5 heteroatoms. The fourth-order valence-electron chi connectivity index (χ4n) is 2.34. The zero-order valence-electron chi connectivity index (χ0n) is 11.1. The molecular weight excluding hydrogens is 265 g/mol. The quantitative estimate of drug-likeness (QED) is 0.866. The highest BCUT2D eigenvalue weighted by atomic mass is 32.2. The van der Waals surface area contributed by atoms with Gasteiger partial charge in [-0.2, -0.15) is 0 Å². The van der Waals surface area contributed by atoms with Crippen molar-refractivity contribution >= 4 is 17.7 Å². The normalized spacial score (nSPS) is 20.6. The number of aliphatic hydroxyl groups is 1. The number of carbonyl (C=O) groups excluding carboxylic acids is 1. The molecule has 1 aliphatic heterocycles. The lowest BCUT2D eigenvalue weighted by molar-refractivity contribution is 0.0762. The van der Waals surface area contributed by atoms with E-state index in [1.54, 1.807) is 24.1 Å². The predicted molar refractivity (Wildman–Crippen MR) is 73.9 cm³/mol. The summed E-state index contributed by atoms with van der Waals surface area (Å²) in [7, 11) is 0. The number of rotatable bonds is 3. The minimum Gasteiger partial charge on any atom is -0.393 e. The lowest BCUT2D eigenvalue weighted by Gasteiger charge is -2.18. The number of hydrogen-bond donors (Lipinski definition) is 1. The Labute approximate surface area is 116 Å². The molecule has 1 fully saturated rings. The van der Waals surface area contributed by atoms with Crippen LogP contribution >= 0.6 is 11.8 Å². The van der Waals surface area contributed by atoms with Gasteiger partial charge in [0.05, 0.1) is 6.10 Å². The molecule has 1 N–H and O–H groups in total. The van der Waals surface area contributed by atoms with Gasteiger partial charge in [-0.05, 0) is 37.8 Å². The highest BCUT2D eigenvalue weighted by Gasteiger charge is 2.29. The summed E-state index contributed by atoms with van der Waals surface area (Å²) in [6.07, 6.45) is 2.21. The fraction of sp³-hybridized carbons (Fsp3) is 0.500. The summed E-state index contributed by atoms with van der Waals surface area (Å²) in [6.45, 7) is 2.98. The molecule has 2 atom stereocenters. The van der Waals surface area contributed by atoms with Crippen LogP contribution in [0.3, 0.4) is 0 Å². The van der Waals surface area contributed by atoms with E-state index in [-0.39, 0.29) is 17.6 Å². The third-order valence-electron chi connectivity index (χ3n) is 3.59. The van der Waals surface area contributed by atoms with Gasteiger partial charge in [-0.1, -0.05) is 0 Å². The van der Waals surface area contributed by atoms with E-state index >= 15 is 0 Å². The van der Waals surface area contributed by atoms with Crippen LogP contribution in [-0.4, -0.2) is 41.4 Å². The van der Waals surface area contributed by atoms with Gasteiger partial charge in [0.15, 0.2) is 0 Å². The largest absolute Gasteiger partial charge is 0.393 e. The van der Waals surface area contributed by atoms with Crippen LogP contribution < -0.4 is 0 Å². The van der Waals surface area contributed by atoms with Crippen molar-refractivity contribution in [2.24, 2.45) is 5.92 Å². The van der Waals surface area contributed by atoms with E-state index in [0.29, 0.717) is 23.5 Å². The van der Waals surface area contributed by atoms with E-state index < -0.39 is 6.10 Å². The molecule has 0 bridgehead atoms. The first kappa shape index (κ1) is 14.3. The minimum absolute atomic E-state index is 0.0848. The summed E-state index contributed by atoms with van der Waals surface area (Å²) < 4.78 is 13.4. The number of nitrogens with zero attached hydrogens (tertiary/aromatic N) is 1. The Balaban J connectivity index is 2.12. The molecule has 0 aromatic heterocycles. The Hall–Kier alpha value is -1.07. The molecule has 104 valence electrons. The zero-order valence-corrected chi connectivity index (χ0v) is 11.9. The van der Waals surface area contributed by atoms with E-state index in [2.05, 4.69) is 0 Å². The third-order valence-corrected chi connectivity index (χ3v) is 4.34. The second-order valence-corrected chi connectivity index (χ2v) is 5.74. The van der Waals surface area contributed by atoms with Crippen molar-refractivity contribution in [3.63, 3.8) is 0 Å². The number of likely N-dealkylation sites (tertiary alicyclic amines) is 1. The lowest BCUT2D eigenvalue weighted by atomic mass is 10.0. The van der Waals surface area contributed by atoms with Crippen LogP contribution in [0.5, 0.6) is 0 Å². The maximum absolute atomic E-state index is 13.4. The average Bonchev–Trinajstić information content (AvgIpc) is 2.88. The standard InChI is InChI=1S/C14H18FNO2S/c1-9(17)11-5-6-16(8-11)14(18)10-3-4-12(15)13(7-10)19-2/h3-4,7,9,11,17H,5-6,8H2,1-2H3. The van der Waals surface area contributed by atoms with Crippen LogP contribution in [0.2, 0.25) is 0 Å². The van der Waals surface area contributed by atoms with Gasteiger partial charge >= 0.3 is 0 Å². The first-order chi connectivity index (χ1) is 9.02. The number of carbonyl (C=O) groups is 1. The van der Waals surface area contributed by atoms with Crippen LogP contribution in [0.1, 0.15) is 23.7 Å².